The molecule has 1 heterocycles. The molecule has 0 saturated heterocycles. The van der Waals surface area contributed by atoms with E-state index in [1.807, 2.05) is 0 Å². The van der Waals surface area contributed by atoms with Gasteiger partial charge in [-0.25, -0.2) is 23.4 Å². The lowest BCUT2D eigenvalue weighted by Gasteiger charge is -2.37. The van der Waals surface area contributed by atoms with Crippen LogP contribution in [-0.2, 0) is 9.71 Å². The predicted octanol–water partition coefficient (Wildman–Crippen LogP) is 2.12. The van der Waals surface area contributed by atoms with E-state index in [1.54, 1.807) is 30.3 Å². The Labute approximate surface area is 192 Å². The molecule has 1 aliphatic heterocycles. The molecule has 0 saturated carbocycles. The molecule has 2 aromatic carbocycles. The third kappa shape index (κ3) is 5.04. The topological polar surface area (TPSA) is 139 Å². The van der Waals surface area contributed by atoms with Crippen LogP contribution in [0.1, 0.15) is 11.1 Å². The van der Waals surface area contributed by atoms with Crippen molar-refractivity contribution >= 4 is 34.8 Å². The quantitative estimate of drug-likeness (QED) is 0.343. The largest absolute Gasteiger partial charge is 0.370 e. The second-order valence-corrected chi connectivity index (χ2v) is 8.01. The van der Waals surface area contributed by atoms with Crippen LogP contribution in [0.2, 0.25) is 0 Å². The van der Waals surface area contributed by atoms with Gasteiger partial charge in [-0.05, 0) is 23.8 Å². The van der Waals surface area contributed by atoms with Gasteiger partial charge in [-0.2, -0.15) is 15.1 Å². The fourth-order valence-electron chi connectivity index (χ4n) is 3.04. The Kier molecular flexibility index (Phi) is 7.13. The van der Waals surface area contributed by atoms with Gasteiger partial charge in [0.05, 0.1) is 13.7 Å². The van der Waals surface area contributed by atoms with Crippen LogP contribution in [0.3, 0.4) is 0 Å². The Balaban J connectivity index is 2.15. The summed E-state index contributed by atoms with van der Waals surface area (Å²) in [5.74, 6) is -1.69. The van der Waals surface area contributed by atoms with E-state index >= 15 is 0 Å². The zero-order valence-electron chi connectivity index (χ0n) is 17.7. The van der Waals surface area contributed by atoms with E-state index in [1.165, 1.54) is 14.2 Å². The lowest BCUT2D eigenvalue weighted by atomic mass is 10.1. The van der Waals surface area contributed by atoms with E-state index in [-0.39, 0.29) is 23.1 Å². The van der Waals surface area contributed by atoms with Crippen LogP contribution < -0.4 is 16.8 Å². The number of nitrogens with zero attached hydrogens (tertiary/aromatic N) is 4. The van der Waals surface area contributed by atoms with Gasteiger partial charge in [-0.15, -0.1) is 0 Å². The Morgan fingerprint density at radius 3 is 2.58 bits per heavy atom. The zero-order valence-corrected chi connectivity index (χ0v) is 18.5. The highest BCUT2D eigenvalue weighted by molar-refractivity contribution is 8.15. The fourth-order valence-corrected chi connectivity index (χ4v) is 4.35. The highest BCUT2D eigenvalue weighted by Gasteiger charge is 2.50. The van der Waals surface area contributed by atoms with Gasteiger partial charge in [0, 0.05) is 12.6 Å². The molecule has 1 atom stereocenters. The lowest BCUT2D eigenvalue weighted by Crippen LogP contribution is -2.53. The number of carbonyl (C=O) groups excluding carboxylic acids is 2. The molecule has 5 N–H and O–H groups in total. The molecule has 1 unspecified atom stereocenters. The predicted molar refractivity (Wildman–Crippen MR) is 120 cm³/mol. The number of carbonyl (C=O) groups is 2. The van der Waals surface area contributed by atoms with Crippen LogP contribution in [0.25, 0.3) is 0 Å². The SMILES string of the molecule is CON(C)C(=O)N1N=C(c2cc(F)ccc2F)SC1(CN/C(N)=N\C(N)=O)c1ccccc1. The number of hydrogen-bond acceptors (Lipinski definition) is 5. The van der Waals surface area contributed by atoms with E-state index < -0.39 is 28.6 Å². The third-order valence-electron chi connectivity index (χ3n) is 4.65. The number of hydrogen-bond donors (Lipinski definition) is 3. The van der Waals surface area contributed by atoms with Gasteiger partial charge in [0.25, 0.3) is 0 Å². The molecule has 4 amide bonds. The van der Waals surface area contributed by atoms with Crippen molar-refractivity contribution in [3.8, 4) is 0 Å². The van der Waals surface area contributed by atoms with Crippen LogP contribution in [-0.4, -0.2) is 53.8 Å². The van der Waals surface area contributed by atoms with Crippen molar-refractivity contribution in [3.63, 3.8) is 0 Å². The van der Waals surface area contributed by atoms with Crippen LogP contribution in [0, 0.1) is 11.6 Å². The Hall–Kier alpha value is -3.71. The Bertz CT molecular complexity index is 1120. The lowest BCUT2D eigenvalue weighted by molar-refractivity contribution is -0.0800. The molecule has 0 radical (unpaired) electrons. The standard InChI is InChI=1S/C20H21F2N7O3S/c1-28(32-2)19(31)29-20(12-6-4-3-5-7-12,11-25-17(23)26-18(24)30)33-16(27-29)14-10-13(21)8-9-15(14)22/h3-10H,11H2,1-2H3,(H5,23,24,25,26,30). The first-order valence-electron chi connectivity index (χ1n) is 9.46. The normalized spacial score (nSPS) is 18.1. The molecule has 0 spiro atoms. The minimum absolute atomic E-state index is 0.0425. The summed E-state index contributed by atoms with van der Waals surface area (Å²) < 4.78 is 28.5. The summed E-state index contributed by atoms with van der Waals surface area (Å²) in [4.78, 5) is 31.4. The van der Waals surface area contributed by atoms with E-state index in [4.69, 9.17) is 16.3 Å². The van der Waals surface area contributed by atoms with Gasteiger partial charge in [0.15, 0.2) is 10.8 Å². The summed E-state index contributed by atoms with van der Waals surface area (Å²) in [6, 6.07) is 9.92. The number of aliphatic imine (C=N–C) groups is 1. The number of urea groups is 2. The number of halogens is 2. The maximum Gasteiger partial charge on any atom is 0.365 e. The number of benzene rings is 2. The van der Waals surface area contributed by atoms with Gasteiger partial charge >= 0.3 is 12.1 Å². The maximum absolute atomic E-state index is 14.6. The molecular weight excluding hydrogens is 456 g/mol. The maximum atomic E-state index is 14.6. The first-order valence-corrected chi connectivity index (χ1v) is 10.3. The van der Waals surface area contributed by atoms with Gasteiger partial charge in [-0.1, -0.05) is 42.1 Å². The number of nitrogens with two attached hydrogens (primary N) is 2. The van der Waals surface area contributed by atoms with Crippen LogP contribution in [0.4, 0.5) is 18.4 Å². The third-order valence-corrected chi connectivity index (χ3v) is 6.03. The number of amides is 4. The molecule has 3 rings (SSSR count). The van der Waals surface area contributed by atoms with Crippen molar-refractivity contribution in [2.24, 2.45) is 21.6 Å². The minimum Gasteiger partial charge on any atom is -0.370 e. The van der Waals surface area contributed by atoms with Crippen LogP contribution in [0.5, 0.6) is 0 Å². The molecule has 0 aliphatic carbocycles. The zero-order chi connectivity index (χ0) is 24.2. The number of rotatable bonds is 5. The van der Waals surface area contributed by atoms with E-state index in [0.29, 0.717) is 5.56 Å². The average Bonchev–Trinajstić information content (AvgIpc) is 3.19. The van der Waals surface area contributed by atoms with Crippen LogP contribution in [0.15, 0.2) is 58.6 Å². The molecule has 10 nitrogen and oxygen atoms in total. The Morgan fingerprint density at radius 2 is 1.94 bits per heavy atom. The molecule has 1 aliphatic rings. The number of nitrogens with one attached hydrogen (secondary N) is 1. The van der Waals surface area contributed by atoms with Crippen molar-refractivity contribution in [2.75, 3.05) is 20.7 Å². The molecule has 13 heteroatoms. The average molecular weight is 477 g/mol. The highest BCUT2D eigenvalue weighted by Crippen LogP contribution is 2.47. The first kappa shape index (κ1) is 23.9. The van der Waals surface area contributed by atoms with E-state index in [9.17, 15) is 18.4 Å². The number of hydrazone groups is 1. The minimum atomic E-state index is -1.35. The van der Waals surface area contributed by atoms with Gasteiger partial charge < -0.3 is 16.8 Å². The molecule has 33 heavy (non-hydrogen) atoms. The van der Waals surface area contributed by atoms with Gasteiger partial charge in [-0.3, -0.25) is 4.84 Å². The summed E-state index contributed by atoms with van der Waals surface area (Å²) in [6.07, 6.45) is 0. The van der Waals surface area contributed by atoms with Crippen molar-refractivity contribution in [3.05, 3.63) is 71.3 Å². The molecule has 2 aromatic rings. The summed E-state index contributed by atoms with van der Waals surface area (Å²) in [5.41, 5.74) is 11.2. The van der Waals surface area contributed by atoms with E-state index in [2.05, 4.69) is 15.4 Å². The monoisotopic (exact) mass is 477 g/mol. The summed E-state index contributed by atoms with van der Waals surface area (Å²) in [7, 11) is 2.66. The van der Waals surface area contributed by atoms with Crippen LogP contribution >= 0.6 is 11.8 Å². The molecular formula is C20H21F2N7O3S. The first-order chi connectivity index (χ1) is 15.7. The Morgan fingerprint density at radius 1 is 1.24 bits per heavy atom. The summed E-state index contributed by atoms with van der Waals surface area (Å²) in [5, 5.41) is 9.10. The second-order valence-electron chi connectivity index (χ2n) is 6.75. The van der Waals surface area contributed by atoms with Gasteiger partial charge in [0.1, 0.15) is 16.7 Å². The van der Waals surface area contributed by atoms with E-state index in [0.717, 1.165) is 40.0 Å². The van der Waals surface area contributed by atoms with Crippen molar-refractivity contribution in [1.29, 1.82) is 0 Å². The fraction of sp³-hybridized carbons (Fsp3) is 0.200. The van der Waals surface area contributed by atoms with Crippen molar-refractivity contribution in [1.82, 2.24) is 15.4 Å². The molecule has 0 aromatic heterocycles. The van der Waals surface area contributed by atoms with Crippen molar-refractivity contribution < 1.29 is 23.2 Å². The van der Waals surface area contributed by atoms with Gasteiger partial charge in [0.2, 0.25) is 0 Å². The summed E-state index contributed by atoms with van der Waals surface area (Å²) >= 11 is 0.989. The number of thioether (sulfide) groups is 1. The molecule has 0 bridgehead atoms. The smallest absolute Gasteiger partial charge is 0.365 e. The summed E-state index contributed by atoms with van der Waals surface area (Å²) in [6.45, 7) is -0.127. The molecule has 174 valence electrons. The molecule has 0 fully saturated rings. The number of guanidine groups is 1. The second kappa shape index (κ2) is 9.83. The number of primary amides is 1. The van der Waals surface area contributed by atoms with Crippen molar-refractivity contribution in [2.45, 2.75) is 4.87 Å². The number of hydroxylamine groups is 2. The highest BCUT2D eigenvalue weighted by atomic mass is 32.2.